The van der Waals surface area contributed by atoms with Crippen molar-refractivity contribution in [1.82, 2.24) is 4.98 Å². The largest absolute Gasteiger partial charge is 0.329 e. The zero-order chi connectivity index (χ0) is 22.5. The zero-order valence-corrected chi connectivity index (χ0v) is 19.0. The van der Waals surface area contributed by atoms with Crippen LogP contribution < -0.4 is 21.3 Å². The highest BCUT2D eigenvalue weighted by atomic mass is 32.1. The van der Waals surface area contributed by atoms with E-state index >= 15 is 0 Å². The van der Waals surface area contributed by atoms with E-state index in [2.05, 4.69) is 15.6 Å². The predicted molar refractivity (Wildman–Crippen MR) is 127 cm³/mol. The molecule has 0 aliphatic rings. The van der Waals surface area contributed by atoms with Crippen molar-refractivity contribution in [3.63, 3.8) is 0 Å². The minimum Gasteiger partial charge on any atom is -0.329 e. The lowest BCUT2D eigenvalue weighted by Crippen LogP contribution is -2.38. The number of nitrogens with one attached hydrogen (secondary N) is 2. The Morgan fingerprint density at radius 2 is 1.68 bits per heavy atom. The molecule has 0 fully saturated rings. The second kappa shape index (κ2) is 9.72. The molecule has 8 heteroatoms. The van der Waals surface area contributed by atoms with E-state index in [0.717, 1.165) is 39.4 Å². The first-order chi connectivity index (χ1) is 14.8. The molecule has 0 spiro atoms. The van der Waals surface area contributed by atoms with E-state index in [1.165, 1.54) is 0 Å². The van der Waals surface area contributed by atoms with Crippen molar-refractivity contribution in [1.29, 1.82) is 0 Å². The van der Waals surface area contributed by atoms with Crippen molar-refractivity contribution in [2.75, 3.05) is 28.6 Å². The van der Waals surface area contributed by atoms with Crippen LogP contribution in [0, 0.1) is 27.7 Å². The standard InChI is InChI=1S/C23H27N5O2S/c1-14-12-15(2)19(16(3)13-14)26-21(29)20-17(4)25-22(31-20)27-23(30)28(11-10-24)18-8-6-5-7-9-18/h5-9,12-13H,10-11,24H2,1-4H3,(H,26,29)(H,25,27,30). The van der Waals surface area contributed by atoms with Crippen molar-refractivity contribution in [3.05, 3.63) is 69.7 Å². The molecule has 7 nitrogen and oxygen atoms in total. The molecule has 31 heavy (non-hydrogen) atoms. The van der Waals surface area contributed by atoms with E-state index in [1.807, 2.05) is 63.2 Å². The number of nitrogens with two attached hydrogens (primary N) is 1. The molecule has 4 N–H and O–H groups in total. The molecule has 0 saturated heterocycles. The smallest absolute Gasteiger partial charge is 0.328 e. The van der Waals surface area contributed by atoms with Gasteiger partial charge < -0.3 is 11.1 Å². The zero-order valence-electron chi connectivity index (χ0n) is 18.2. The molecule has 162 valence electrons. The van der Waals surface area contributed by atoms with Crippen LogP contribution in [0.15, 0.2) is 42.5 Å². The molecule has 0 aliphatic carbocycles. The first kappa shape index (κ1) is 22.5. The van der Waals surface area contributed by atoms with Gasteiger partial charge in [0, 0.05) is 24.5 Å². The van der Waals surface area contributed by atoms with E-state index < -0.39 is 0 Å². The van der Waals surface area contributed by atoms with Crippen LogP contribution in [-0.2, 0) is 0 Å². The molecule has 0 saturated carbocycles. The Bertz CT molecular complexity index is 1070. The summed E-state index contributed by atoms with van der Waals surface area (Å²) in [4.78, 5) is 32.1. The second-order valence-corrected chi connectivity index (χ2v) is 8.37. The van der Waals surface area contributed by atoms with Crippen molar-refractivity contribution < 1.29 is 9.59 Å². The van der Waals surface area contributed by atoms with Gasteiger partial charge >= 0.3 is 6.03 Å². The molecular weight excluding hydrogens is 410 g/mol. The van der Waals surface area contributed by atoms with E-state index in [4.69, 9.17) is 5.73 Å². The predicted octanol–water partition coefficient (Wildman–Crippen LogP) is 4.63. The fourth-order valence-electron chi connectivity index (χ4n) is 3.45. The summed E-state index contributed by atoms with van der Waals surface area (Å²) in [6.07, 6.45) is 0. The van der Waals surface area contributed by atoms with Gasteiger partial charge in [-0.1, -0.05) is 47.2 Å². The Kier molecular flexibility index (Phi) is 7.04. The Labute approximate surface area is 186 Å². The van der Waals surface area contributed by atoms with Gasteiger partial charge in [-0.3, -0.25) is 15.0 Å². The SMILES string of the molecule is Cc1cc(C)c(NC(=O)c2sc(NC(=O)N(CCN)c3ccccc3)nc2C)c(C)c1. The lowest BCUT2D eigenvalue weighted by molar-refractivity contribution is 0.102. The summed E-state index contributed by atoms with van der Waals surface area (Å²) in [5, 5.41) is 6.15. The second-order valence-electron chi connectivity index (χ2n) is 7.37. The van der Waals surface area contributed by atoms with Crippen LogP contribution in [-0.4, -0.2) is 30.0 Å². The van der Waals surface area contributed by atoms with Crippen LogP contribution in [0.3, 0.4) is 0 Å². The van der Waals surface area contributed by atoms with Crippen LogP contribution in [0.1, 0.15) is 32.1 Å². The summed E-state index contributed by atoms with van der Waals surface area (Å²) in [7, 11) is 0. The van der Waals surface area contributed by atoms with Gasteiger partial charge in [-0.25, -0.2) is 9.78 Å². The Balaban J connectivity index is 1.77. The molecular formula is C23H27N5O2S. The van der Waals surface area contributed by atoms with Crippen LogP contribution in [0.2, 0.25) is 0 Å². The van der Waals surface area contributed by atoms with Gasteiger partial charge in [0.25, 0.3) is 5.91 Å². The number of aromatic nitrogens is 1. The van der Waals surface area contributed by atoms with Gasteiger partial charge in [-0.2, -0.15) is 0 Å². The number of urea groups is 1. The van der Waals surface area contributed by atoms with Crippen LogP contribution in [0.25, 0.3) is 0 Å². The van der Waals surface area contributed by atoms with Gasteiger partial charge in [0.2, 0.25) is 0 Å². The maximum atomic E-state index is 12.9. The van der Waals surface area contributed by atoms with Crippen molar-refractivity contribution >= 4 is 39.8 Å². The molecule has 0 atom stereocenters. The van der Waals surface area contributed by atoms with E-state index in [0.29, 0.717) is 28.8 Å². The average molecular weight is 438 g/mol. The summed E-state index contributed by atoms with van der Waals surface area (Å²) in [6, 6.07) is 13.0. The molecule has 0 radical (unpaired) electrons. The number of benzene rings is 2. The topological polar surface area (TPSA) is 100 Å². The molecule has 1 aromatic heterocycles. The maximum Gasteiger partial charge on any atom is 0.328 e. The van der Waals surface area contributed by atoms with Gasteiger partial charge in [0.15, 0.2) is 5.13 Å². The van der Waals surface area contributed by atoms with Gasteiger partial charge in [0.1, 0.15) is 4.88 Å². The molecule has 0 bridgehead atoms. The Morgan fingerprint density at radius 3 is 2.29 bits per heavy atom. The molecule has 0 unspecified atom stereocenters. The molecule has 3 amide bonds. The number of hydrogen-bond acceptors (Lipinski definition) is 5. The molecule has 2 aromatic carbocycles. The number of anilines is 3. The number of amides is 3. The molecule has 1 heterocycles. The lowest BCUT2D eigenvalue weighted by atomic mass is 10.1. The van der Waals surface area contributed by atoms with E-state index in [1.54, 1.807) is 11.8 Å². The van der Waals surface area contributed by atoms with E-state index in [-0.39, 0.29) is 11.9 Å². The third-order valence-electron chi connectivity index (χ3n) is 4.80. The lowest BCUT2D eigenvalue weighted by Gasteiger charge is -2.21. The third-order valence-corrected chi connectivity index (χ3v) is 5.87. The van der Waals surface area contributed by atoms with E-state index in [9.17, 15) is 9.59 Å². The minimum absolute atomic E-state index is 0.243. The van der Waals surface area contributed by atoms with Crippen LogP contribution in [0.4, 0.5) is 21.3 Å². The first-order valence-electron chi connectivity index (χ1n) is 10.0. The third kappa shape index (κ3) is 5.28. The summed E-state index contributed by atoms with van der Waals surface area (Å²) in [6.45, 7) is 8.40. The molecule has 3 aromatic rings. The van der Waals surface area contributed by atoms with Crippen LogP contribution in [0.5, 0.6) is 0 Å². The van der Waals surface area contributed by atoms with Gasteiger partial charge in [0.05, 0.1) is 5.69 Å². The number of nitrogens with zero attached hydrogens (tertiary/aromatic N) is 2. The highest BCUT2D eigenvalue weighted by Crippen LogP contribution is 2.27. The molecule has 0 aliphatic heterocycles. The van der Waals surface area contributed by atoms with Gasteiger partial charge in [-0.05, 0) is 51.0 Å². The summed E-state index contributed by atoms with van der Waals surface area (Å²) in [5.74, 6) is -0.243. The maximum absolute atomic E-state index is 12.9. The van der Waals surface area contributed by atoms with Crippen molar-refractivity contribution in [3.8, 4) is 0 Å². The monoisotopic (exact) mass is 437 g/mol. The number of carbonyl (C=O) groups is 2. The highest BCUT2D eigenvalue weighted by molar-refractivity contribution is 7.17. The fraction of sp³-hybridized carbons (Fsp3) is 0.261. The van der Waals surface area contributed by atoms with Crippen molar-refractivity contribution in [2.45, 2.75) is 27.7 Å². The highest BCUT2D eigenvalue weighted by Gasteiger charge is 2.21. The number of thiazole rings is 1. The first-order valence-corrected chi connectivity index (χ1v) is 10.8. The number of carbonyl (C=O) groups excluding carboxylic acids is 2. The Hall–Kier alpha value is -3.23. The average Bonchev–Trinajstić information content (AvgIpc) is 3.09. The Morgan fingerprint density at radius 1 is 1.03 bits per heavy atom. The fourth-order valence-corrected chi connectivity index (χ4v) is 4.30. The number of rotatable bonds is 6. The molecule has 3 rings (SSSR count). The number of para-hydroxylation sites is 1. The normalized spacial score (nSPS) is 10.6. The number of hydrogen-bond donors (Lipinski definition) is 3. The quantitative estimate of drug-likeness (QED) is 0.523. The summed E-state index contributed by atoms with van der Waals surface area (Å²) >= 11 is 1.15. The number of aryl methyl sites for hydroxylation is 4. The van der Waals surface area contributed by atoms with Crippen LogP contribution >= 0.6 is 11.3 Å². The summed E-state index contributed by atoms with van der Waals surface area (Å²) < 4.78 is 0. The van der Waals surface area contributed by atoms with Crippen molar-refractivity contribution in [2.24, 2.45) is 5.73 Å². The van der Waals surface area contributed by atoms with Gasteiger partial charge in [-0.15, -0.1) is 0 Å². The summed E-state index contributed by atoms with van der Waals surface area (Å²) in [5.41, 5.74) is 10.9. The minimum atomic E-state index is -0.345.